The molecule has 1 heterocycles. The van der Waals surface area contributed by atoms with E-state index in [0.29, 0.717) is 12.1 Å². The fraction of sp³-hybridized carbons (Fsp3) is 0.182. The normalized spacial score (nSPS) is 10.3. The quantitative estimate of drug-likeness (QED) is 0.831. The minimum absolute atomic E-state index is 0.187. The number of hydrogen-bond acceptors (Lipinski definition) is 2. The molecule has 0 aliphatic heterocycles. The Labute approximate surface area is 87.6 Å². The van der Waals surface area contributed by atoms with E-state index in [1.807, 2.05) is 16.8 Å². The van der Waals surface area contributed by atoms with Crippen LogP contribution >= 0.6 is 0 Å². The molecule has 0 amide bonds. The van der Waals surface area contributed by atoms with Crippen molar-refractivity contribution in [3.8, 4) is 0 Å². The molecule has 0 saturated carbocycles. The maximum absolute atomic E-state index is 13.4. The number of benzene rings is 1. The number of hydrogen-bond donors (Lipinski definition) is 1. The zero-order valence-corrected chi connectivity index (χ0v) is 8.44. The smallest absolute Gasteiger partial charge is 0.202 e. The van der Waals surface area contributed by atoms with Gasteiger partial charge in [0, 0.05) is 25.0 Å². The summed E-state index contributed by atoms with van der Waals surface area (Å²) in [7, 11) is 1.79. The third-order valence-corrected chi connectivity index (χ3v) is 2.24. The largest absolute Gasteiger partial charge is 0.359 e. The second-order valence-corrected chi connectivity index (χ2v) is 3.22. The molecule has 4 heteroatoms. The summed E-state index contributed by atoms with van der Waals surface area (Å²) in [5, 5.41) is 2.94. The summed E-state index contributed by atoms with van der Waals surface area (Å²) < 4.78 is 15.2. The molecule has 1 N–H and O–H groups in total. The van der Waals surface area contributed by atoms with Gasteiger partial charge >= 0.3 is 0 Å². The van der Waals surface area contributed by atoms with Gasteiger partial charge in [0.05, 0.1) is 6.54 Å². The van der Waals surface area contributed by atoms with Gasteiger partial charge in [-0.25, -0.2) is 9.37 Å². The van der Waals surface area contributed by atoms with Crippen molar-refractivity contribution in [2.75, 3.05) is 12.4 Å². The van der Waals surface area contributed by atoms with E-state index in [2.05, 4.69) is 10.3 Å². The van der Waals surface area contributed by atoms with Gasteiger partial charge in [0.15, 0.2) is 0 Å². The average molecular weight is 205 g/mol. The van der Waals surface area contributed by atoms with Crippen molar-refractivity contribution in [1.82, 2.24) is 9.55 Å². The summed E-state index contributed by atoms with van der Waals surface area (Å²) in [6, 6.07) is 6.75. The summed E-state index contributed by atoms with van der Waals surface area (Å²) >= 11 is 0. The van der Waals surface area contributed by atoms with E-state index in [-0.39, 0.29) is 5.82 Å². The number of aromatic nitrogens is 2. The van der Waals surface area contributed by atoms with Crippen molar-refractivity contribution in [1.29, 1.82) is 0 Å². The van der Waals surface area contributed by atoms with E-state index in [1.165, 1.54) is 6.07 Å². The molecule has 0 unspecified atom stereocenters. The number of nitrogens with zero attached hydrogens (tertiary/aromatic N) is 2. The molecule has 0 saturated heterocycles. The Morgan fingerprint density at radius 1 is 1.40 bits per heavy atom. The molecule has 2 rings (SSSR count). The highest BCUT2D eigenvalue weighted by atomic mass is 19.1. The number of rotatable bonds is 3. The zero-order valence-electron chi connectivity index (χ0n) is 8.44. The third kappa shape index (κ3) is 1.98. The summed E-state index contributed by atoms with van der Waals surface area (Å²) in [6.45, 7) is 0.489. The van der Waals surface area contributed by atoms with Gasteiger partial charge in [-0.3, -0.25) is 0 Å². The lowest BCUT2D eigenvalue weighted by Gasteiger charge is -2.07. The standard InChI is InChI=1S/C11H12FN3/c1-13-11-14-6-7-15(11)8-9-4-2-3-5-10(9)12/h2-7H,8H2,1H3,(H,13,14). The first-order valence-electron chi connectivity index (χ1n) is 4.73. The Kier molecular flexibility index (Phi) is 2.67. The van der Waals surface area contributed by atoms with E-state index in [1.54, 1.807) is 25.4 Å². The first kappa shape index (κ1) is 9.71. The van der Waals surface area contributed by atoms with Crippen LogP contribution in [0.4, 0.5) is 10.3 Å². The van der Waals surface area contributed by atoms with Gasteiger partial charge in [0.2, 0.25) is 5.95 Å². The molecule has 1 aromatic heterocycles. The predicted molar refractivity (Wildman–Crippen MR) is 57.3 cm³/mol. The van der Waals surface area contributed by atoms with Gasteiger partial charge in [-0.1, -0.05) is 18.2 Å². The molecule has 0 bridgehead atoms. The Morgan fingerprint density at radius 3 is 2.93 bits per heavy atom. The van der Waals surface area contributed by atoms with Gasteiger partial charge in [0.1, 0.15) is 5.82 Å². The SMILES string of the molecule is CNc1nccn1Cc1ccccc1F. The van der Waals surface area contributed by atoms with E-state index in [0.717, 1.165) is 5.95 Å². The van der Waals surface area contributed by atoms with Crippen LogP contribution in [0.2, 0.25) is 0 Å². The van der Waals surface area contributed by atoms with Crippen LogP contribution in [0.3, 0.4) is 0 Å². The molecule has 1 aromatic carbocycles. The Hall–Kier alpha value is -1.84. The number of halogens is 1. The Morgan fingerprint density at radius 2 is 2.20 bits per heavy atom. The van der Waals surface area contributed by atoms with Crippen LogP contribution in [-0.2, 0) is 6.54 Å². The minimum atomic E-state index is -0.187. The molecule has 0 fully saturated rings. The molecule has 0 spiro atoms. The maximum Gasteiger partial charge on any atom is 0.202 e. The second kappa shape index (κ2) is 4.13. The molecule has 0 aliphatic rings. The molecule has 78 valence electrons. The lowest BCUT2D eigenvalue weighted by atomic mass is 10.2. The summed E-state index contributed by atoms with van der Waals surface area (Å²) in [5.74, 6) is 0.548. The predicted octanol–water partition coefficient (Wildman–Crippen LogP) is 2.11. The molecular formula is C11H12FN3. The molecule has 0 aliphatic carbocycles. The Balaban J connectivity index is 2.26. The van der Waals surface area contributed by atoms with Gasteiger partial charge < -0.3 is 9.88 Å². The highest BCUT2D eigenvalue weighted by molar-refractivity contribution is 5.27. The number of anilines is 1. The van der Waals surface area contributed by atoms with E-state index < -0.39 is 0 Å². The maximum atomic E-state index is 13.4. The molecule has 0 radical (unpaired) electrons. The van der Waals surface area contributed by atoms with E-state index in [4.69, 9.17) is 0 Å². The molecule has 0 atom stereocenters. The first-order valence-corrected chi connectivity index (χ1v) is 4.73. The fourth-order valence-corrected chi connectivity index (χ4v) is 1.48. The lowest BCUT2D eigenvalue weighted by Crippen LogP contribution is -2.05. The summed E-state index contributed by atoms with van der Waals surface area (Å²) in [5.41, 5.74) is 0.659. The van der Waals surface area contributed by atoms with Crippen LogP contribution in [0.25, 0.3) is 0 Å². The third-order valence-electron chi connectivity index (χ3n) is 2.24. The van der Waals surface area contributed by atoms with Crippen molar-refractivity contribution in [3.63, 3.8) is 0 Å². The van der Waals surface area contributed by atoms with Gasteiger partial charge in [0.25, 0.3) is 0 Å². The topological polar surface area (TPSA) is 29.9 Å². The van der Waals surface area contributed by atoms with E-state index in [9.17, 15) is 4.39 Å². The van der Waals surface area contributed by atoms with Crippen molar-refractivity contribution < 1.29 is 4.39 Å². The van der Waals surface area contributed by atoms with Gasteiger partial charge in [-0.2, -0.15) is 0 Å². The molecule has 15 heavy (non-hydrogen) atoms. The summed E-state index contributed by atoms with van der Waals surface area (Å²) in [6.07, 6.45) is 3.50. The van der Waals surface area contributed by atoms with Crippen molar-refractivity contribution in [2.24, 2.45) is 0 Å². The first-order chi connectivity index (χ1) is 7.31. The van der Waals surface area contributed by atoms with Crippen LogP contribution in [-0.4, -0.2) is 16.6 Å². The highest BCUT2D eigenvalue weighted by Crippen LogP contribution is 2.11. The van der Waals surface area contributed by atoms with E-state index >= 15 is 0 Å². The average Bonchev–Trinajstić information content (AvgIpc) is 2.69. The van der Waals surface area contributed by atoms with Crippen LogP contribution in [0.15, 0.2) is 36.7 Å². The van der Waals surface area contributed by atoms with Crippen LogP contribution < -0.4 is 5.32 Å². The zero-order chi connectivity index (χ0) is 10.7. The second-order valence-electron chi connectivity index (χ2n) is 3.22. The highest BCUT2D eigenvalue weighted by Gasteiger charge is 2.04. The van der Waals surface area contributed by atoms with Crippen LogP contribution in [0, 0.1) is 5.82 Å². The minimum Gasteiger partial charge on any atom is -0.359 e. The van der Waals surface area contributed by atoms with Crippen molar-refractivity contribution in [3.05, 3.63) is 48.0 Å². The number of nitrogens with one attached hydrogen (secondary N) is 1. The monoisotopic (exact) mass is 205 g/mol. The molecule has 3 nitrogen and oxygen atoms in total. The van der Waals surface area contributed by atoms with Crippen LogP contribution in [0.1, 0.15) is 5.56 Å². The van der Waals surface area contributed by atoms with Gasteiger partial charge in [-0.05, 0) is 6.07 Å². The fourth-order valence-electron chi connectivity index (χ4n) is 1.48. The van der Waals surface area contributed by atoms with Crippen molar-refractivity contribution in [2.45, 2.75) is 6.54 Å². The number of imidazole rings is 1. The molecular weight excluding hydrogens is 193 g/mol. The Bertz CT molecular complexity index is 451. The van der Waals surface area contributed by atoms with Gasteiger partial charge in [-0.15, -0.1) is 0 Å². The lowest BCUT2D eigenvalue weighted by molar-refractivity contribution is 0.600. The van der Waals surface area contributed by atoms with Crippen LogP contribution in [0.5, 0.6) is 0 Å². The van der Waals surface area contributed by atoms with Crippen molar-refractivity contribution >= 4 is 5.95 Å². The summed E-state index contributed by atoms with van der Waals surface area (Å²) in [4.78, 5) is 4.09. The molecule has 2 aromatic rings.